The van der Waals surface area contributed by atoms with Gasteiger partial charge >= 0.3 is 5.97 Å². The molecule has 0 saturated carbocycles. The van der Waals surface area contributed by atoms with Gasteiger partial charge in [0.25, 0.3) is 6.43 Å². The first-order valence-corrected chi connectivity index (χ1v) is 8.71. The van der Waals surface area contributed by atoms with Crippen LogP contribution in [0.2, 0.25) is 0 Å². The Bertz CT molecular complexity index is 576. The van der Waals surface area contributed by atoms with Crippen LogP contribution in [0.5, 0.6) is 0 Å². The molecule has 0 aliphatic carbocycles. The molecule has 0 bridgehead atoms. The molecule has 2 aliphatic rings. The average Bonchev–Trinajstić information content (AvgIpc) is 3.20. The molecular formula is C18H24F2N2O3. The number of aliphatic hydroxyl groups excluding tert-OH is 1. The summed E-state index contributed by atoms with van der Waals surface area (Å²) >= 11 is 0. The van der Waals surface area contributed by atoms with Gasteiger partial charge in [-0.2, -0.15) is 0 Å². The van der Waals surface area contributed by atoms with Gasteiger partial charge in [-0.05, 0) is 37.4 Å². The Morgan fingerprint density at radius 2 is 2.04 bits per heavy atom. The third-order valence-electron chi connectivity index (χ3n) is 4.94. The summed E-state index contributed by atoms with van der Waals surface area (Å²) in [6.07, 6.45) is -2.04. The van der Waals surface area contributed by atoms with Gasteiger partial charge in [-0.25, -0.2) is 8.78 Å². The van der Waals surface area contributed by atoms with Crippen LogP contribution < -0.4 is 10.6 Å². The molecule has 138 valence electrons. The quantitative estimate of drug-likeness (QED) is 0.674. The second-order valence-corrected chi connectivity index (χ2v) is 6.85. The van der Waals surface area contributed by atoms with Crippen molar-refractivity contribution in [1.82, 2.24) is 10.6 Å². The van der Waals surface area contributed by atoms with Crippen molar-refractivity contribution in [1.29, 1.82) is 0 Å². The van der Waals surface area contributed by atoms with E-state index in [0.29, 0.717) is 25.3 Å². The summed E-state index contributed by atoms with van der Waals surface area (Å²) in [6.45, 7) is 2.09. The van der Waals surface area contributed by atoms with Crippen LogP contribution in [0, 0.1) is 5.92 Å². The summed E-state index contributed by atoms with van der Waals surface area (Å²) in [5.74, 6) is -0.00107. The molecule has 2 saturated heterocycles. The minimum absolute atomic E-state index is 0.0173. The Balaban J connectivity index is 1.57. The number of alkyl halides is 2. The van der Waals surface area contributed by atoms with Crippen LogP contribution >= 0.6 is 0 Å². The highest BCUT2D eigenvalue weighted by Crippen LogP contribution is 2.22. The Morgan fingerprint density at radius 3 is 2.68 bits per heavy atom. The minimum atomic E-state index is -2.49. The lowest BCUT2D eigenvalue weighted by Gasteiger charge is -2.23. The van der Waals surface area contributed by atoms with E-state index in [9.17, 15) is 18.7 Å². The van der Waals surface area contributed by atoms with Crippen LogP contribution in [0.3, 0.4) is 0 Å². The molecule has 0 aromatic heterocycles. The first-order valence-electron chi connectivity index (χ1n) is 8.71. The molecule has 1 aromatic rings. The maximum absolute atomic E-state index is 12.6. The lowest BCUT2D eigenvalue weighted by atomic mass is 10.00. The highest BCUT2D eigenvalue weighted by Gasteiger charge is 2.38. The lowest BCUT2D eigenvalue weighted by molar-refractivity contribution is -0.155. The van der Waals surface area contributed by atoms with E-state index in [4.69, 9.17) is 4.74 Å². The molecule has 0 amide bonds. The predicted octanol–water partition coefficient (Wildman–Crippen LogP) is 1.41. The van der Waals surface area contributed by atoms with Crippen LogP contribution in [-0.4, -0.2) is 49.0 Å². The second kappa shape index (κ2) is 8.21. The van der Waals surface area contributed by atoms with E-state index in [0.717, 1.165) is 25.1 Å². The number of hydrogen-bond acceptors (Lipinski definition) is 5. The topological polar surface area (TPSA) is 70.6 Å². The third kappa shape index (κ3) is 4.74. The summed E-state index contributed by atoms with van der Waals surface area (Å²) < 4.78 is 30.8. The van der Waals surface area contributed by atoms with Gasteiger partial charge in [0.1, 0.15) is 12.2 Å². The Morgan fingerprint density at radius 1 is 1.28 bits per heavy atom. The van der Waals surface area contributed by atoms with Crippen molar-refractivity contribution in [2.75, 3.05) is 19.6 Å². The van der Waals surface area contributed by atoms with Crippen molar-refractivity contribution in [2.24, 2.45) is 5.92 Å². The van der Waals surface area contributed by atoms with Crippen LogP contribution in [0.4, 0.5) is 8.78 Å². The molecule has 0 radical (unpaired) electrons. The Hall–Kier alpha value is -1.57. The zero-order valence-corrected chi connectivity index (χ0v) is 14.0. The zero-order chi connectivity index (χ0) is 17.8. The van der Waals surface area contributed by atoms with Gasteiger partial charge in [0, 0.05) is 18.5 Å². The second-order valence-electron chi connectivity index (χ2n) is 6.85. The third-order valence-corrected chi connectivity index (χ3v) is 4.94. The number of aliphatic hydroxyl groups is 1. The fraction of sp³-hybridized carbons (Fsp3) is 0.611. The molecule has 4 atom stereocenters. The number of esters is 1. The number of ether oxygens (including phenoxy) is 1. The molecule has 2 fully saturated rings. The molecule has 5 nitrogen and oxygen atoms in total. The molecule has 25 heavy (non-hydrogen) atoms. The largest absolute Gasteiger partial charge is 0.458 e. The van der Waals surface area contributed by atoms with Crippen molar-refractivity contribution in [3.63, 3.8) is 0 Å². The summed E-state index contributed by atoms with van der Waals surface area (Å²) in [7, 11) is 0. The zero-order valence-electron chi connectivity index (χ0n) is 14.0. The molecule has 0 spiro atoms. The predicted molar refractivity (Wildman–Crippen MR) is 88.4 cm³/mol. The van der Waals surface area contributed by atoms with Crippen LogP contribution in [0.1, 0.15) is 30.4 Å². The van der Waals surface area contributed by atoms with Crippen molar-refractivity contribution >= 4 is 5.97 Å². The van der Waals surface area contributed by atoms with Gasteiger partial charge < -0.3 is 20.5 Å². The summed E-state index contributed by atoms with van der Waals surface area (Å²) in [5.41, 5.74) is 0.841. The van der Waals surface area contributed by atoms with Crippen LogP contribution in [0.25, 0.3) is 0 Å². The van der Waals surface area contributed by atoms with Gasteiger partial charge in [0.05, 0.1) is 6.04 Å². The normalized spacial score (nSPS) is 29.3. The van der Waals surface area contributed by atoms with Gasteiger partial charge in [0.2, 0.25) is 0 Å². The molecule has 3 N–H and O–H groups in total. The number of rotatable bonds is 6. The van der Waals surface area contributed by atoms with Crippen LogP contribution in [0.15, 0.2) is 24.3 Å². The minimum Gasteiger partial charge on any atom is -0.458 e. The summed E-state index contributed by atoms with van der Waals surface area (Å²) in [5, 5.41) is 16.5. The molecular weight excluding hydrogens is 330 g/mol. The van der Waals surface area contributed by atoms with E-state index in [1.165, 1.54) is 12.1 Å². The molecule has 0 unspecified atom stereocenters. The average molecular weight is 354 g/mol. The standard InChI is InChI=1S/C18H24F2N2O3/c19-18(20)13-3-1-11(2-4-13)7-14-17(15(23)10-22-14)25-16(24)8-12-5-6-21-9-12/h1-4,12,14-15,17-18,21-23H,5-10H2/t12-,14+,15-,17-/m0/s1. The lowest BCUT2D eigenvalue weighted by Crippen LogP contribution is -2.39. The fourth-order valence-electron chi connectivity index (χ4n) is 3.50. The Labute approximate surface area is 145 Å². The van der Waals surface area contributed by atoms with E-state index >= 15 is 0 Å². The van der Waals surface area contributed by atoms with Crippen molar-refractivity contribution < 1.29 is 23.4 Å². The van der Waals surface area contributed by atoms with Crippen molar-refractivity contribution in [3.05, 3.63) is 35.4 Å². The maximum Gasteiger partial charge on any atom is 0.306 e. The smallest absolute Gasteiger partial charge is 0.306 e. The molecule has 2 heterocycles. The number of hydrogen-bond donors (Lipinski definition) is 3. The Kier molecular flexibility index (Phi) is 5.98. The molecule has 1 aromatic carbocycles. The first-order chi connectivity index (χ1) is 12.0. The number of carbonyl (C=O) groups excluding carboxylic acids is 1. The molecule has 7 heteroatoms. The van der Waals surface area contributed by atoms with E-state index in [-0.39, 0.29) is 17.6 Å². The maximum atomic E-state index is 12.6. The molecule has 3 rings (SSSR count). The van der Waals surface area contributed by atoms with E-state index in [1.54, 1.807) is 12.1 Å². The number of carbonyl (C=O) groups is 1. The van der Waals surface area contributed by atoms with Gasteiger partial charge in [-0.3, -0.25) is 4.79 Å². The van der Waals surface area contributed by atoms with Crippen molar-refractivity contribution in [2.45, 2.75) is 43.9 Å². The fourth-order valence-corrected chi connectivity index (χ4v) is 3.50. The first kappa shape index (κ1) is 18.2. The highest BCUT2D eigenvalue weighted by atomic mass is 19.3. The number of nitrogens with one attached hydrogen (secondary N) is 2. The molecule has 2 aliphatic heterocycles. The SMILES string of the molecule is O=C(C[C@@H]1CCNC1)O[C@@H]1[C@@H](O)CN[C@@H]1Cc1ccc(C(F)F)cc1. The number of halogens is 2. The van der Waals surface area contributed by atoms with Gasteiger partial charge in [0.15, 0.2) is 0 Å². The highest BCUT2D eigenvalue weighted by molar-refractivity contribution is 5.70. The number of benzene rings is 1. The number of β-amino-alcohol motifs (C(OH)–C–C–N with tert-alkyl or cyclic N) is 1. The summed E-state index contributed by atoms with van der Waals surface area (Å²) in [6, 6.07) is 5.88. The van der Waals surface area contributed by atoms with E-state index in [1.807, 2.05) is 0 Å². The van der Waals surface area contributed by atoms with Crippen molar-refractivity contribution in [3.8, 4) is 0 Å². The van der Waals surface area contributed by atoms with E-state index in [2.05, 4.69) is 10.6 Å². The van der Waals surface area contributed by atoms with E-state index < -0.39 is 18.6 Å². The van der Waals surface area contributed by atoms with Gasteiger partial charge in [-0.15, -0.1) is 0 Å². The van der Waals surface area contributed by atoms with Gasteiger partial charge in [-0.1, -0.05) is 24.3 Å². The summed E-state index contributed by atoms with van der Waals surface area (Å²) in [4.78, 5) is 12.1. The monoisotopic (exact) mass is 354 g/mol. The van der Waals surface area contributed by atoms with Crippen LogP contribution in [-0.2, 0) is 16.0 Å².